The maximum Gasteiger partial charge on any atom is 0.251 e. The largest absolute Gasteiger partial charge is 0.348 e. The number of benzene rings is 2. The van der Waals surface area contributed by atoms with E-state index in [2.05, 4.69) is 34.9 Å². The summed E-state index contributed by atoms with van der Waals surface area (Å²) in [5.74, 6) is -0.235. The number of carbonyl (C=O) groups is 1. The summed E-state index contributed by atoms with van der Waals surface area (Å²) in [6, 6.07) is 13.9. The van der Waals surface area contributed by atoms with Gasteiger partial charge < -0.3 is 5.32 Å². The minimum atomic E-state index is -3.50. The summed E-state index contributed by atoms with van der Waals surface area (Å²) < 4.78 is 25.8. The van der Waals surface area contributed by atoms with Gasteiger partial charge in [0.15, 0.2) is 0 Å². The first kappa shape index (κ1) is 21.1. The molecular weight excluding hydrogens is 362 g/mol. The highest BCUT2D eigenvalue weighted by Gasteiger charge is 2.13. The Morgan fingerprint density at radius 1 is 0.963 bits per heavy atom. The summed E-state index contributed by atoms with van der Waals surface area (Å²) in [6.07, 6.45) is 0. The molecule has 0 atom stereocenters. The molecule has 2 aromatic rings. The van der Waals surface area contributed by atoms with Gasteiger partial charge in [0, 0.05) is 18.7 Å². The van der Waals surface area contributed by atoms with Crippen LogP contribution < -0.4 is 10.0 Å². The Bertz CT molecular complexity index is 860. The molecule has 2 rings (SSSR count). The molecule has 0 bridgehead atoms. The van der Waals surface area contributed by atoms with E-state index >= 15 is 0 Å². The fraction of sp³-hybridized carbons (Fsp3) is 0.350. The average Bonchev–Trinajstić information content (AvgIpc) is 2.71. The van der Waals surface area contributed by atoms with Crippen molar-refractivity contribution in [1.29, 1.82) is 0 Å². The number of amides is 1. The second-order valence-corrected chi connectivity index (χ2v) is 8.03. The van der Waals surface area contributed by atoms with Crippen molar-refractivity contribution in [3.05, 3.63) is 65.2 Å². The monoisotopic (exact) mass is 389 g/mol. The third kappa shape index (κ3) is 5.63. The smallest absolute Gasteiger partial charge is 0.251 e. The summed E-state index contributed by atoms with van der Waals surface area (Å²) in [6.45, 7) is 7.47. The first-order valence-electron chi connectivity index (χ1n) is 9.02. The van der Waals surface area contributed by atoms with Crippen molar-refractivity contribution in [2.24, 2.45) is 0 Å². The SMILES string of the molecule is CCN(CC)Cc1ccccc1CNC(=O)c1ccc(S(=O)(=O)NC)cc1. The topological polar surface area (TPSA) is 78.5 Å². The highest BCUT2D eigenvalue weighted by Crippen LogP contribution is 2.13. The lowest BCUT2D eigenvalue weighted by molar-refractivity contribution is 0.0950. The van der Waals surface area contributed by atoms with E-state index in [0.717, 1.165) is 25.2 Å². The molecule has 0 heterocycles. The zero-order valence-electron chi connectivity index (χ0n) is 16.0. The average molecular weight is 390 g/mol. The lowest BCUT2D eigenvalue weighted by atomic mass is 10.1. The number of sulfonamides is 1. The molecule has 0 saturated carbocycles. The van der Waals surface area contributed by atoms with E-state index in [1.807, 2.05) is 18.2 Å². The van der Waals surface area contributed by atoms with Gasteiger partial charge in [0.05, 0.1) is 4.90 Å². The van der Waals surface area contributed by atoms with Crippen LogP contribution in [0.4, 0.5) is 0 Å². The minimum absolute atomic E-state index is 0.131. The fourth-order valence-electron chi connectivity index (χ4n) is 2.75. The number of hydrogen-bond donors (Lipinski definition) is 2. The van der Waals surface area contributed by atoms with Crippen molar-refractivity contribution in [3.63, 3.8) is 0 Å². The number of nitrogens with one attached hydrogen (secondary N) is 2. The third-order valence-corrected chi connectivity index (χ3v) is 5.97. The molecule has 6 nitrogen and oxygen atoms in total. The van der Waals surface area contributed by atoms with Gasteiger partial charge in [-0.1, -0.05) is 38.1 Å². The molecule has 2 aromatic carbocycles. The Morgan fingerprint density at radius 2 is 1.56 bits per heavy atom. The summed E-state index contributed by atoms with van der Waals surface area (Å²) >= 11 is 0. The van der Waals surface area contributed by atoms with Crippen molar-refractivity contribution >= 4 is 15.9 Å². The van der Waals surface area contributed by atoms with Crippen LogP contribution in [0.2, 0.25) is 0 Å². The van der Waals surface area contributed by atoms with E-state index in [0.29, 0.717) is 12.1 Å². The summed E-state index contributed by atoms with van der Waals surface area (Å²) in [4.78, 5) is 14.9. The Labute approximate surface area is 161 Å². The molecule has 7 heteroatoms. The van der Waals surface area contributed by atoms with Crippen molar-refractivity contribution in [2.75, 3.05) is 20.1 Å². The van der Waals surface area contributed by atoms with Crippen LogP contribution in [0.25, 0.3) is 0 Å². The van der Waals surface area contributed by atoms with E-state index < -0.39 is 10.0 Å². The molecule has 0 aliphatic carbocycles. The Kier molecular flexibility index (Phi) is 7.53. The summed E-state index contributed by atoms with van der Waals surface area (Å²) in [5.41, 5.74) is 2.69. The molecule has 146 valence electrons. The Morgan fingerprint density at radius 3 is 2.11 bits per heavy atom. The molecule has 27 heavy (non-hydrogen) atoms. The van der Waals surface area contributed by atoms with Crippen LogP contribution in [-0.2, 0) is 23.1 Å². The lowest BCUT2D eigenvalue weighted by Crippen LogP contribution is -2.26. The number of hydrogen-bond acceptors (Lipinski definition) is 4. The van der Waals surface area contributed by atoms with Gasteiger partial charge in [-0.15, -0.1) is 0 Å². The van der Waals surface area contributed by atoms with E-state index in [1.54, 1.807) is 0 Å². The zero-order valence-corrected chi connectivity index (χ0v) is 16.8. The quantitative estimate of drug-likeness (QED) is 0.690. The molecule has 0 radical (unpaired) electrons. The van der Waals surface area contributed by atoms with E-state index in [-0.39, 0.29) is 10.8 Å². The van der Waals surface area contributed by atoms with Gasteiger partial charge in [-0.05, 0) is 55.5 Å². The molecule has 0 spiro atoms. The van der Waals surface area contributed by atoms with Crippen LogP contribution in [0.1, 0.15) is 35.3 Å². The first-order chi connectivity index (χ1) is 12.9. The molecule has 0 fully saturated rings. The number of carbonyl (C=O) groups excluding carboxylic acids is 1. The normalized spacial score (nSPS) is 11.6. The molecule has 0 aromatic heterocycles. The van der Waals surface area contributed by atoms with E-state index in [4.69, 9.17) is 0 Å². The third-order valence-electron chi connectivity index (χ3n) is 4.54. The maximum absolute atomic E-state index is 12.4. The van der Waals surface area contributed by atoms with Crippen LogP contribution >= 0.6 is 0 Å². The predicted molar refractivity (Wildman–Crippen MR) is 107 cm³/mol. The van der Waals surface area contributed by atoms with Gasteiger partial charge >= 0.3 is 0 Å². The van der Waals surface area contributed by atoms with Crippen molar-refractivity contribution in [1.82, 2.24) is 14.9 Å². The molecule has 0 saturated heterocycles. The molecule has 0 aliphatic heterocycles. The number of nitrogens with zero attached hydrogens (tertiary/aromatic N) is 1. The predicted octanol–water partition coefficient (Wildman–Crippen LogP) is 2.37. The van der Waals surface area contributed by atoms with Gasteiger partial charge in [0.25, 0.3) is 5.91 Å². The van der Waals surface area contributed by atoms with Gasteiger partial charge in [0.2, 0.25) is 10.0 Å². The van der Waals surface area contributed by atoms with E-state index in [1.165, 1.54) is 36.9 Å². The van der Waals surface area contributed by atoms with E-state index in [9.17, 15) is 13.2 Å². The summed E-state index contributed by atoms with van der Waals surface area (Å²) in [5, 5.41) is 2.91. The highest BCUT2D eigenvalue weighted by atomic mass is 32.2. The van der Waals surface area contributed by atoms with Gasteiger partial charge in [-0.25, -0.2) is 13.1 Å². The maximum atomic E-state index is 12.4. The lowest BCUT2D eigenvalue weighted by Gasteiger charge is -2.20. The fourth-order valence-corrected chi connectivity index (χ4v) is 3.48. The summed E-state index contributed by atoms with van der Waals surface area (Å²) in [7, 11) is -2.15. The minimum Gasteiger partial charge on any atom is -0.348 e. The van der Waals surface area contributed by atoms with Gasteiger partial charge in [-0.3, -0.25) is 9.69 Å². The highest BCUT2D eigenvalue weighted by molar-refractivity contribution is 7.89. The van der Waals surface area contributed by atoms with Crippen LogP contribution in [0, 0.1) is 0 Å². The standard InChI is InChI=1S/C20H27N3O3S/c1-4-23(5-2)15-18-9-7-6-8-17(18)14-22-20(24)16-10-12-19(13-11-16)27(25,26)21-3/h6-13,21H,4-5,14-15H2,1-3H3,(H,22,24). The molecular formula is C20H27N3O3S. The van der Waals surface area contributed by atoms with Crippen LogP contribution in [0.15, 0.2) is 53.4 Å². The van der Waals surface area contributed by atoms with Crippen molar-refractivity contribution in [2.45, 2.75) is 31.8 Å². The molecule has 2 N–H and O–H groups in total. The van der Waals surface area contributed by atoms with Crippen molar-refractivity contribution in [3.8, 4) is 0 Å². The van der Waals surface area contributed by atoms with Crippen molar-refractivity contribution < 1.29 is 13.2 Å². The Hall–Kier alpha value is -2.22. The molecule has 0 unspecified atom stereocenters. The second kappa shape index (κ2) is 9.64. The van der Waals surface area contributed by atoms with Crippen LogP contribution in [0.5, 0.6) is 0 Å². The number of rotatable bonds is 9. The molecule has 1 amide bonds. The Balaban J connectivity index is 2.06. The first-order valence-corrected chi connectivity index (χ1v) is 10.5. The van der Waals surface area contributed by atoms with Crippen LogP contribution in [0.3, 0.4) is 0 Å². The zero-order chi connectivity index (χ0) is 19.9. The second-order valence-electron chi connectivity index (χ2n) is 6.14. The van der Waals surface area contributed by atoms with Gasteiger partial charge in [0.1, 0.15) is 0 Å². The van der Waals surface area contributed by atoms with Crippen LogP contribution in [-0.4, -0.2) is 39.4 Å². The van der Waals surface area contributed by atoms with Gasteiger partial charge in [-0.2, -0.15) is 0 Å². The molecule has 0 aliphatic rings.